The van der Waals surface area contributed by atoms with Crippen molar-refractivity contribution in [3.8, 4) is 0 Å². The molecule has 0 aliphatic heterocycles. The van der Waals surface area contributed by atoms with Crippen molar-refractivity contribution >= 4 is 26.2 Å². The molecule has 0 radical (unpaired) electrons. The fraction of sp³-hybridized carbons (Fsp3) is 0.500. The van der Waals surface area contributed by atoms with Crippen molar-refractivity contribution in [3.05, 3.63) is 0 Å². The van der Waals surface area contributed by atoms with E-state index >= 15 is 0 Å². The standard InChI is InChI=1S/C2H4O2.Cu.Na.H2O3S2/c1-2(3)4;;;1-5(2,3)4/h1H3,(H,3,4);;;(H2,1,2,3,4)/q;2*+1;/p-2. The van der Waals surface area contributed by atoms with E-state index in [0.29, 0.717) is 0 Å². The molecule has 0 saturated carbocycles. The number of carbonyl (C=O) groups is 1. The van der Waals surface area contributed by atoms with E-state index in [2.05, 4.69) is 11.2 Å². The van der Waals surface area contributed by atoms with E-state index < -0.39 is 15.0 Å². The summed E-state index contributed by atoms with van der Waals surface area (Å²) in [5.74, 6) is -0.833. The van der Waals surface area contributed by atoms with E-state index in [1.54, 1.807) is 0 Å². The smallest absolute Gasteiger partial charge is 0.780 e. The number of hydrogen-bond acceptors (Lipinski definition) is 5. The molecule has 0 aliphatic carbocycles. The molecule has 0 spiro atoms. The van der Waals surface area contributed by atoms with Crippen molar-refractivity contribution in [2.75, 3.05) is 0 Å². The van der Waals surface area contributed by atoms with E-state index in [-0.39, 0.29) is 46.6 Å². The van der Waals surface area contributed by atoms with Crippen molar-refractivity contribution in [2.45, 2.75) is 6.92 Å². The molecule has 5 nitrogen and oxygen atoms in total. The van der Waals surface area contributed by atoms with Crippen molar-refractivity contribution in [2.24, 2.45) is 0 Å². The number of hydrogen-bond donors (Lipinski definition) is 1. The van der Waals surface area contributed by atoms with Crippen LogP contribution in [0.5, 0.6) is 0 Å². The van der Waals surface area contributed by atoms with Gasteiger partial charge in [0, 0.05) is 6.92 Å². The van der Waals surface area contributed by atoms with Crippen LogP contribution in [0, 0.1) is 0 Å². The molecular formula is C2H4CuNaO5S2. The summed E-state index contributed by atoms with van der Waals surface area (Å²) < 4.78 is 26.7. The quantitative estimate of drug-likeness (QED) is 0.446. The van der Waals surface area contributed by atoms with Gasteiger partial charge in [0.05, 0.1) is 0 Å². The van der Waals surface area contributed by atoms with Crippen LogP contribution in [0.4, 0.5) is 0 Å². The number of rotatable bonds is 0. The second-order valence-corrected chi connectivity index (χ2v) is 2.97. The van der Waals surface area contributed by atoms with Crippen LogP contribution in [0.2, 0.25) is 0 Å². The third kappa shape index (κ3) is 593. The molecule has 0 atom stereocenters. The maximum Gasteiger partial charge on any atom is 1.00 e. The molecule has 0 rings (SSSR count). The summed E-state index contributed by atoms with van der Waals surface area (Å²) in [5, 5.41) is 7.42. The van der Waals surface area contributed by atoms with Crippen LogP contribution in [-0.2, 0) is 42.1 Å². The van der Waals surface area contributed by atoms with Crippen LogP contribution < -0.4 is 29.6 Å². The van der Waals surface area contributed by atoms with Crippen LogP contribution in [0.25, 0.3) is 0 Å². The molecule has 0 saturated heterocycles. The first kappa shape index (κ1) is 22.8. The third-order valence-electron chi connectivity index (χ3n) is 0. The minimum atomic E-state index is -4.33. The van der Waals surface area contributed by atoms with Crippen molar-refractivity contribution in [1.82, 2.24) is 0 Å². The molecule has 9 heteroatoms. The maximum atomic E-state index is 9.00. The summed E-state index contributed by atoms with van der Waals surface area (Å²) in [4.78, 5) is 9.00. The summed E-state index contributed by atoms with van der Waals surface area (Å²) in [5.41, 5.74) is 0. The van der Waals surface area contributed by atoms with Crippen LogP contribution in [-0.4, -0.2) is 24.4 Å². The third-order valence-corrected chi connectivity index (χ3v) is 0. The first-order chi connectivity index (χ1) is 3.73. The summed E-state index contributed by atoms with van der Waals surface area (Å²) in [6, 6.07) is 0. The summed E-state index contributed by atoms with van der Waals surface area (Å²) in [6.45, 7) is 1.08. The molecule has 66 valence electrons. The minimum Gasteiger partial charge on any atom is -0.780 e. The zero-order valence-corrected chi connectivity index (χ0v) is 10.3. The van der Waals surface area contributed by atoms with Gasteiger partial charge in [0.15, 0.2) is 0 Å². The van der Waals surface area contributed by atoms with E-state index in [0.717, 1.165) is 6.92 Å². The van der Waals surface area contributed by atoms with Crippen molar-refractivity contribution in [3.63, 3.8) is 0 Å². The zero-order chi connectivity index (χ0) is 8.08. The Labute approximate surface area is 102 Å². The van der Waals surface area contributed by atoms with Crippen molar-refractivity contribution < 1.29 is 69.8 Å². The van der Waals surface area contributed by atoms with Crippen LogP contribution in [0.15, 0.2) is 0 Å². The Morgan fingerprint density at radius 1 is 1.55 bits per heavy atom. The number of carboxylic acids is 1. The van der Waals surface area contributed by atoms with Gasteiger partial charge in [0.2, 0.25) is 0 Å². The van der Waals surface area contributed by atoms with Gasteiger partial charge >= 0.3 is 46.6 Å². The van der Waals surface area contributed by atoms with Gasteiger partial charge in [-0.15, -0.1) is 9.05 Å². The van der Waals surface area contributed by atoms with E-state index in [1.807, 2.05) is 0 Å². The average Bonchev–Trinajstić information content (AvgIpc) is 1.19. The van der Waals surface area contributed by atoms with Gasteiger partial charge in [0.1, 0.15) is 0 Å². The first-order valence-electron chi connectivity index (χ1n) is 1.59. The maximum absolute atomic E-state index is 9.00. The fourth-order valence-electron chi connectivity index (χ4n) is 0. The molecule has 0 aromatic rings. The van der Waals surface area contributed by atoms with E-state index in [9.17, 15) is 0 Å². The minimum absolute atomic E-state index is 0. The first-order valence-corrected chi connectivity index (χ1v) is 3.93. The van der Waals surface area contributed by atoms with Gasteiger partial charge in [-0.2, -0.15) is 0 Å². The van der Waals surface area contributed by atoms with Crippen LogP contribution in [0.1, 0.15) is 6.92 Å². The monoisotopic (exact) mass is 258 g/mol. The zero-order valence-electron chi connectivity index (χ0n) is 5.70. The average molecular weight is 259 g/mol. The second kappa shape index (κ2) is 11.3. The van der Waals surface area contributed by atoms with Gasteiger partial charge in [-0.25, -0.2) is 0 Å². The van der Waals surface area contributed by atoms with Gasteiger partial charge < -0.3 is 14.2 Å². The summed E-state index contributed by atoms with van der Waals surface area (Å²) >= 11 is 3.24. The number of aliphatic carboxylic acids is 1. The Bertz CT molecular complexity index is 165. The fourth-order valence-corrected chi connectivity index (χ4v) is 0. The second-order valence-electron chi connectivity index (χ2n) is 0.927. The van der Waals surface area contributed by atoms with Gasteiger partial charge in [-0.05, 0) is 11.2 Å². The van der Waals surface area contributed by atoms with E-state index in [1.165, 1.54) is 0 Å². The molecule has 11 heavy (non-hydrogen) atoms. The molecule has 0 amide bonds. The SMILES string of the molecule is CC(=O)O.O=S([O-])([O-])=S.[Cu+].[Na+]. The predicted molar refractivity (Wildman–Crippen MR) is 30.4 cm³/mol. The molecular weight excluding hydrogens is 255 g/mol. The molecule has 0 fully saturated rings. The Hall–Kier alpha value is 1.28. The van der Waals surface area contributed by atoms with E-state index in [4.69, 9.17) is 23.2 Å². The summed E-state index contributed by atoms with van der Waals surface area (Å²) in [7, 11) is -4.33. The van der Waals surface area contributed by atoms with Gasteiger partial charge in [0.25, 0.3) is 5.97 Å². The Morgan fingerprint density at radius 2 is 1.55 bits per heavy atom. The molecule has 0 bridgehead atoms. The van der Waals surface area contributed by atoms with Crippen molar-refractivity contribution in [1.29, 1.82) is 0 Å². The molecule has 0 aromatic carbocycles. The van der Waals surface area contributed by atoms with Crippen LogP contribution >= 0.6 is 0 Å². The predicted octanol–water partition coefficient (Wildman–Crippen LogP) is -3.91. The van der Waals surface area contributed by atoms with Gasteiger partial charge in [-0.1, -0.05) is 0 Å². The number of carboxylic acid groups (broad SMARTS) is 1. The largest absolute Gasteiger partial charge is 1.00 e. The van der Waals surface area contributed by atoms with Gasteiger partial charge in [-0.3, -0.25) is 9.00 Å². The summed E-state index contributed by atoms with van der Waals surface area (Å²) in [6.07, 6.45) is 0. The Morgan fingerprint density at radius 3 is 1.55 bits per heavy atom. The molecule has 0 aromatic heterocycles. The topological polar surface area (TPSA) is 100 Å². The Kier molecular flexibility index (Phi) is 23.4. The molecule has 0 unspecified atom stereocenters. The van der Waals surface area contributed by atoms with Crippen LogP contribution in [0.3, 0.4) is 0 Å². The molecule has 1 N–H and O–H groups in total. The molecule has 0 heterocycles. The Balaban J connectivity index is -0.0000000383. The normalized spacial score (nSPS) is 7.55. The molecule has 0 aliphatic rings.